The first-order chi connectivity index (χ1) is 11.4. The molecule has 1 aromatic rings. The molecule has 140 valence electrons. The van der Waals surface area contributed by atoms with Crippen LogP contribution in [0.3, 0.4) is 0 Å². The highest BCUT2D eigenvalue weighted by Crippen LogP contribution is 2.32. The van der Waals surface area contributed by atoms with Crippen LogP contribution in [-0.2, 0) is 26.9 Å². The highest BCUT2D eigenvalue weighted by molar-refractivity contribution is 5.74. The lowest BCUT2D eigenvalue weighted by Gasteiger charge is -2.24. The van der Waals surface area contributed by atoms with E-state index in [9.17, 15) is 31.9 Å². The molecule has 1 aromatic heterocycles. The smallest absolute Gasteiger partial charge is 0.416 e. The van der Waals surface area contributed by atoms with Gasteiger partial charge in [-0.15, -0.1) is 0 Å². The number of aldehydes is 1. The van der Waals surface area contributed by atoms with Crippen molar-refractivity contribution in [2.24, 2.45) is 0 Å². The van der Waals surface area contributed by atoms with Crippen LogP contribution in [0.2, 0.25) is 0 Å². The Balaban J connectivity index is 3.53. The van der Waals surface area contributed by atoms with E-state index in [2.05, 4.69) is 0 Å². The van der Waals surface area contributed by atoms with Gasteiger partial charge in [0.25, 0.3) is 5.56 Å². The van der Waals surface area contributed by atoms with E-state index in [1.165, 1.54) is 20.8 Å². The molecule has 0 aliphatic rings. The van der Waals surface area contributed by atoms with Gasteiger partial charge in [0.15, 0.2) is 0 Å². The van der Waals surface area contributed by atoms with Crippen molar-refractivity contribution >= 4 is 12.3 Å². The minimum Gasteiger partial charge on any atom is -0.464 e. The quantitative estimate of drug-likeness (QED) is 0.423. The van der Waals surface area contributed by atoms with E-state index in [1.54, 1.807) is 0 Å². The summed E-state index contributed by atoms with van der Waals surface area (Å²) in [5.41, 5.74) is -4.76. The van der Waals surface area contributed by atoms with Crippen molar-refractivity contribution in [2.45, 2.75) is 51.5 Å². The van der Waals surface area contributed by atoms with Gasteiger partial charge in [0.05, 0.1) is 12.2 Å². The Morgan fingerprint density at radius 2 is 1.92 bits per heavy atom. The SMILES string of the molecule is CCOC(=O)C(CC(C)(C)F)n1cc(CC=O)c(C(F)(F)F)cc1=O. The van der Waals surface area contributed by atoms with Crippen molar-refractivity contribution in [1.29, 1.82) is 0 Å². The molecule has 1 heterocycles. The average Bonchev–Trinajstić information content (AvgIpc) is 2.45. The lowest BCUT2D eigenvalue weighted by molar-refractivity contribution is -0.148. The highest BCUT2D eigenvalue weighted by Gasteiger charge is 2.36. The molecule has 0 saturated carbocycles. The summed E-state index contributed by atoms with van der Waals surface area (Å²) in [6.45, 7) is 3.79. The fourth-order valence-electron chi connectivity index (χ4n) is 2.35. The second-order valence-corrected chi connectivity index (χ2v) is 6.02. The zero-order valence-corrected chi connectivity index (χ0v) is 14.0. The van der Waals surface area contributed by atoms with E-state index in [0.29, 0.717) is 10.6 Å². The van der Waals surface area contributed by atoms with Crippen molar-refractivity contribution in [3.8, 4) is 0 Å². The molecule has 1 rings (SSSR count). The monoisotopic (exact) mass is 365 g/mol. The van der Waals surface area contributed by atoms with Crippen molar-refractivity contribution in [1.82, 2.24) is 4.57 Å². The molecule has 25 heavy (non-hydrogen) atoms. The summed E-state index contributed by atoms with van der Waals surface area (Å²) in [6.07, 6.45) is -4.90. The van der Waals surface area contributed by atoms with Crippen LogP contribution in [0.5, 0.6) is 0 Å². The fraction of sp³-hybridized carbons (Fsp3) is 0.562. The van der Waals surface area contributed by atoms with E-state index in [4.69, 9.17) is 4.74 Å². The summed E-state index contributed by atoms with van der Waals surface area (Å²) >= 11 is 0. The molecular formula is C16H19F4NO4. The van der Waals surface area contributed by atoms with Gasteiger partial charge in [0, 0.05) is 25.1 Å². The van der Waals surface area contributed by atoms with E-state index in [-0.39, 0.29) is 12.9 Å². The molecular weight excluding hydrogens is 346 g/mol. The lowest BCUT2D eigenvalue weighted by Crippen LogP contribution is -2.35. The minimum atomic E-state index is -4.84. The molecule has 9 heteroatoms. The van der Waals surface area contributed by atoms with Gasteiger partial charge in [0.1, 0.15) is 18.0 Å². The molecule has 0 fully saturated rings. The Morgan fingerprint density at radius 1 is 1.32 bits per heavy atom. The molecule has 0 aliphatic heterocycles. The number of nitrogens with zero attached hydrogens (tertiary/aromatic N) is 1. The van der Waals surface area contributed by atoms with Crippen LogP contribution >= 0.6 is 0 Å². The Bertz CT molecular complexity index is 689. The fourth-order valence-corrected chi connectivity index (χ4v) is 2.35. The number of pyridine rings is 1. The third kappa shape index (κ3) is 5.68. The number of carbonyl (C=O) groups is 2. The first-order valence-corrected chi connectivity index (χ1v) is 7.52. The molecule has 0 aliphatic carbocycles. The highest BCUT2D eigenvalue weighted by atomic mass is 19.4. The van der Waals surface area contributed by atoms with E-state index < -0.39 is 53.4 Å². The van der Waals surface area contributed by atoms with Gasteiger partial charge in [-0.3, -0.25) is 4.79 Å². The van der Waals surface area contributed by atoms with Crippen molar-refractivity contribution < 1.29 is 31.9 Å². The zero-order valence-electron chi connectivity index (χ0n) is 14.0. The van der Waals surface area contributed by atoms with Crippen LogP contribution < -0.4 is 5.56 Å². The molecule has 0 amide bonds. The molecule has 1 atom stereocenters. The molecule has 0 spiro atoms. The number of hydrogen-bond acceptors (Lipinski definition) is 4. The Hall–Kier alpha value is -2.19. The third-order valence-corrected chi connectivity index (χ3v) is 3.35. The number of alkyl halides is 4. The summed E-state index contributed by atoms with van der Waals surface area (Å²) in [7, 11) is 0. The Morgan fingerprint density at radius 3 is 2.36 bits per heavy atom. The summed E-state index contributed by atoms with van der Waals surface area (Å²) in [6, 6.07) is -1.14. The van der Waals surface area contributed by atoms with Crippen molar-refractivity contribution in [2.75, 3.05) is 6.61 Å². The number of carbonyl (C=O) groups excluding carboxylic acids is 2. The van der Waals surface area contributed by atoms with Crippen LogP contribution in [0.4, 0.5) is 17.6 Å². The van der Waals surface area contributed by atoms with E-state index in [1.807, 2.05) is 0 Å². The second-order valence-electron chi connectivity index (χ2n) is 6.02. The third-order valence-electron chi connectivity index (χ3n) is 3.35. The first-order valence-electron chi connectivity index (χ1n) is 7.52. The van der Waals surface area contributed by atoms with Gasteiger partial charge in [0.2, 0.25) is 0 Å². The molecule has 0 saturated heterocycles. The van der Waals surface area contributed by atoms with E-state index in [0.717, 1.165) is 6.20 Å². The van der Waals surface area contributed by atoms with Crippen LogP contribution in [0.15, 0.2) is 17.1 Å². The number of ether oxygens (including phenoxy) is 1. The number of esters is 1. The van der Waals surface area contributed by atoms with Gasteiger partial charge in [-0.05, 0) is 26.3 Å². The van der Waals surface area contributed by atoms with Gasteiger partial charge < -0.3 is 14.1 Å². The summed E-state index contributed by atoms with van der Waals surface area (Å²) in [5, 5.41) is 0. The van der Waals surface area contributed by atoms with Crippen LogP contribution in [0.1, 0.15) is 44.4 Å². The first kappa shape index (κ1) is 20.9. The van der Waals surface area contributed by atoms with Gasteiger partial charge in [-0.25, -0.2) is 9.18 Å². The van der Waals surface area contributed by atoms with Crippen molar-refractivity contribution in [3.05, 3.63) is 33.7 Å². The number of hydrogen-bond donors (Lipinski definition) is 0. The maximum absolute atomic E-state index is 14.0. The second kappa shape index (κ2) is 7.79. The predicted octanol–water partition coefficient (Wildman–Crippen LogP) is 2.85. The summed E-state index contributed by atoms with van der Waals surface area (Å²) in [4.78, 5) is 34.9. The van der Waals surface area contributed by atoms with Crippen molar-refractivity contribution in [3.63, 3.8) is 0 Å². The standard InChI is InChI=1S/C16H19F4NO4/c1-4-25-14(24)12(8-15(2,3)17)21-9-10(5-6-22)11(7-13(21)23)16(18,19)20/h6-7,9,12H,4-5,8H2,1-3H3. The molecule has 5 nitrogen and oxygen atoms in total. The Labute approximate surface area is 141 Å². The number of halogens is 4. The zero-order chi connectivity index (χ0) is 19.4. The Kier molecular flexibility index (Phi) is 6.50. The molecule has 1 unspecified atom stereocenters. The maximum atomic E-state index is 14.0. The topological polar surface area (TPSA) is 65.4 Å². The van der Waals surface area contributed by atoms with Crippen LogP contribution in [-0.4, -0.2) is 29.1 Å². The van der Waals surface area contributed by atoms with Gasteiger partial charge in [-0.1, -0.05) is 0 Å². The average molecular weight is 365 g/mol. The number of aromatic nitrogens is 1. The molecule has 0 bridgehead atoms. The largest absolute Gasteiger partial charge is 0.464 e. The molecule has 0 aromatic carbocycles. The van der Waals surface area contributed by atoms with Gasteiger partial charge in [-0.2, -0.15) is 13.2 Å². The summed E-state index contributed by atoms with van der Waals surface area (Å²) in [5.74, 6) is -0.938. The lowest BCUT2D eigenvalue weighted by atomic mass is 9.99. The predicted molar refractivity (Wildman–Crippen MR) is 80.9 cm³/mol. The maximum Gasteiger partial charge on any atom is 0.416 e. The minimum absolute atomic E-state index is 0.0430. The summed E-state index contributed by atoms with van der Waals surface area (Å²) < 4.78 is 58.6. The molecule has 0 N–H and O–H groups in total. The van der Waals surface area contributed by atoms with Crippen LogP contribution in [0, 0.1) is 0 Å². The number of rotatable bonds is 7. The molecule has 0 radical (unpaired) electrons. The van der Waals surface area contributed by atoms with Gasteiger partial charge >= 0.3 is 12.1 Å². The van der Waals surface area contributed by atoms with Crippen LogP contribution in [0.25, 0.3) is 0 Å². The van der Waals surface area contributed by atoms with E-state index >= 15 is 0 Å². The normalized spacial score (nSPS) is 13.4.